The molecule has 0 fully saturated rings. The third kappa shape index (κ3) is 4.17. The second kappa shape index (κ2) is 7.63. The van der Waals surface area contributed by atoms with Crippen molar-refractivity contribution in [3.8, 4) is 11.5 Å². The lowest BCUT2D eigenvalue weighted by Crippen LogP contribution is -2.13. The SMILES string of the molecule is COc1ccc(C(=O)c2ccccc2)c(OS(=O)(=O)c2ccc(C)cc2)c1. The van der Waals surface area contributed by atoms with E-state index in [0.29, 0.717) is 11.3 Å². The van der Waals surface area contributed by atoms with E-state index in [9.17, 15) is 13.2 Å². The number of hydrogen-bond acceptors (Lipinski definition) is 5. The maximum absolute atomic E-state index is 12.8. The van der Waals surface area contributed by atoms with E-state index in [4.69, 9.17) is 8.92 Å². The molecule has 0 spiro atoms. The first-order valence-electron chi connectivity index (χ1n) is 8.19. The molecule has 0 atom stereocenters. The van der Waals surface area contributed by atoms with Crippen LogP contribution in [-0.4, -0.2) is 21.3 Å². The van der Waals surface area contributed by atoms with Crippen molar-refractivity contribution in [2.45, 2.75) is 11.8 Å². The van der Waals surface area contributed by atoms with Gasteiger partial charge in [0.05, 0.1) is 12.7 Å². The van der Waals surface area contributed by atoms with E-state index < -0.39 is 10.1 Å². The Kier molecular flexibility index (Phi) is 5.28. The summed E-state index contributed by atoms with van der Waals surface area (Å²) >= 11 is 0. The molecule has 0 heterocycles. The van der Waals surface area contributed by atoms with E-state index in [2.05, 4.69) is 0 Å². The summed E-state index contributed by atoms with van der Waals surface area (Å²) in [5, 5.41) is 0. The van der Waals surface area contributed by atoms with Crippen molar-refractivity contribution in [1.82, 2.24) is 0 Å². The molecule has 3 aromatic carbocycles. The average Bonchev–Trinajstić information content (AvgIpc) is 2.68. The first-order valence-corrected chi connectivity index (χ1v) is 9.60. The number of rotatable bonds is 6. The Bertz CT molecular complexity index is 1060. The minimum Gasteiger partial charge on any atom is -0.497 e. The van der Waals surface area contributed by atoms with Gasteiger partial charge in [0.1, 0.15) is 10.6 Å². The Hall–Kier alpha value is -3.12. The molecule has 0 aromatic heterocycles. The van der Waals surface area contributed by atoms with Crippen LogP contribution in [0.1, 0.15) is 21.5 Å². The number of carbonyl (C=O) groups excluding carboxylic acids is 1. The molecule has 3 aromatic rings. The predicted molar refractivity (Wildman–Crippen MR) is 102 cm³/mol. The second-order valence-corrected chi connectivity index (χ2v) is 7.45. The highest BCUT2D eigenvalue weighted by molar-refractivity contribution is 7.87. The highest BCUT2D eigenvalue weighted by Crippen LogP contribution is 2.29. The van der Waals surface area contributed by atoms with Crippen LogP contribution in [0.3, 0.4) is 0 Å². The van der Waals surface area contributed by atoms with Gasteiger partial charge < -0.3 is 8.92 Å². The van der Waals surface area contributed by atoms with Gasteiger partial charge in [0.15, 0.2) is 11.5 Å². The van der Waals surface area contributed by atoms with Gasteiger partial charge in [-0.15, -0.1) is 0 Å². The van der Waals surface area contributed by atoms with Crippen LogP contribution >= 0.6 is 0 Å². The Morgan fingerprint density at radius 3 is 2.19 bits per heavy atom. The molecular formula is C21H18O5S. The summed E-state index contributed by atoms with van der Waals surface area (Å²) in [5.74, 6) is -0.0372. The normalized spacial score (nSPS) is 11.0. The summed E-state index contributed by atoms with van der Waals surface area (Å²) < 4.78 is 35.8. The third-order valence-corrected chi connectivity index (χ3v) is 5.23. The fourth-order valence-electron chi connectivity index (χ4n) is 2.50. The summed E-state index contributed by atoms with van der Waals surface area (Å²) in [7, 11) is -2.65. The number of aryl methyl sites for hydroxylation is 1. The van der Waals surface area contributed by atoms with Gasteiger partial charge in [0.2, 0.25) is 0 Å². The van der Waals surface area contributed by atoms with E-state index in [1.807, 2.05) is 6.92 Å². The van der Waals surface area contributed by atoms with E-state index in [1.54, 1.807) is 48.5 Å². The molecule has 0 saturated heterocycles. The van der Waals surface area contributed by atoms with Gasteiger partial charge in [-0.05, 0) is 31.2 Å². The standard InChI is InChI=1S/C21H18O5S/c1-15-8-11-18(12-9-15)27(23,24)26-20-14-17(25-2)10-13-19(20)21(22)16-6-4-3-5-7-16/h3-14H,1-2H3. The van der Waals surface area contributed by atoms with Gasteiger partial charge in [-0.25, -0.2) is 0 Å². The first kappa shape index (κ1) is 18.7. The van der Waals surface area contributed by atoms with Gasteiger partial charge in [0.25, 0.3) is 0 Å². The van der Waals surface area contributed by atoms with Crippen LogP contribution in [0.2, 0.25) is 0 Å². The lowest BCUT2D eigenvalue weighted by atomic mass is 10.0. The van der Waals surface area contributed by atoms with Crippen LogP contribution in [0.5, 0.6) is 11.5 Å². The van der Waals surface area contributed by atoms with Crippen molar-refractivity contribution in [3.05, 3.63) is 89.5 Å². The molecule has 0 aliphatic carbocycles. The quantitative estimate of drug-likeness (QED) is 0.476. The van der Waals surface area contributed by atoms with Crippen molar-refractivity contribution < 1.29 is 22.1 Å². The van der Waals surface area contributed by atoms with Crippen molar-refractivity contribution in [1.29, 1.82) is 0 Å². The number of hydrogen-bond donors (Lipinski definition) is 0. The smallest absolute Gasteiger partial charge is 0.339 e. The Labute approximate surface area is 158 Å². The Morgan fingerprint density at radius 1 is 0.889 bits per heavy atom. The molecule has 0 bridgehead atoms. The fourth-order valence-corrected chi connectivity index (χ4v) is 3.44. The zero-order valence-corrected chi connectivity index (χ0v) is 15.7. The van der Waals surface area contributed by atoms with Crippen LogP contribution in [-0.2, 0) is 10.1 Å². The summed E-state index contributed by atoms with van der Waals surface area (Å²) in [6.45, 7) is 1.86. The lowest BCUT2D eigenvalue weighted by molar-refractivity contribution is 0.103. The Morgan fingerprint density at radius 2 is 1.56 bits per heavy atom. The predicted octanol–water partition coefficient (Wildman–Crippen LogP) is 4.00. The van der Waals surface area contributed by atoms with E-state index in [-0.39, 0.29) is 22.0 Å². The molecule has 3 rings (SSSR count). The topological polar surface area (TPSA) is 69.7 Å². The molecule has 0 saturated carbocycles. The van der Waals surface area contributed by atoms with Crippen LogP contribution in [0, 0.1) is 6.92 Å². The number of ether oxygens (including phenoxy) is 1. The maximum atomic E-state index is 12.8. The summed E-state index contributed by atoms with van der Waals surface area (Å²) in [6.07, 6.45) is 0. The summed E-state index contributed by atoms with van der Waals surface area (Å²) in [5.41, 5.74) is 1.49. The number of carbonyl (C=O) groups is 1. The lowest BCUT2D eigenvalue weighted by Gasteiger charge is -2.13. The molecule has 138 valence electrons. The van der Waals surface area contributed by atoms with Crippen molar-refractivity contribution >= 4 is 15.9 Å². The van der Waals surface area contributed by atoms with Gasteiger partial charge >= 0.3 is 10.1 Å². The Balaban J connectivity index is 2.03. The largest absolute Gasteiger partial charge is 0.497 e. The van der Waals surface area contributed by atoms with E-state index in [0.717, 1.165) is 5.56 Å². The molecule has 0 aliphatic heterocycles. The molecule has 6 heteroatoms. The zero-order chi connectivity index (χ0) is 19.4. The highest BCUT2D eigenvalue weighted by atomic mass is 32.2. The third-order valence-electron chi connectivity index (χ3n) is 3.98. The van der Waals surface area contributed by atoms with Gasteiger partial charge in [-0.2, -0.15) is 8.42 Å². The average molecular weight is 382 g/mol. The highest BCUT2D eigenvalue weighted by Gasteiger charge is 2.22. The van der Waals surface area contributed by atoms with Crippen molar-refractivity contribution in [3.63, 3.8) is 0 Å². The van der Waals surface area contributed by atoms with Crippen LogP contribution in [0.25, 0.3) is 0 Å². The molecule has 0 aliphatic rings. The number of ketones is 1. The first-order chi connectivity index (χ1) is 12.9. The van der Waals surface area contributed by atoms with E-state index >= 15 is 0 Å². The summed E-state index contributed by atoms with van der Waals surface area (Å²) in [6, 6.07) is 19.3. The van der Waals surface area contributed by atoms with Crippen LogP contribution in [0.4, 0.5) is 0 Å². The van der Waals surface area contributed by atoms with Crippen LogP contribution < -0.4 is 8.92 Å². The molecule has 27 heavy (non-hydrogen) atoms. The van der Waals surface area contributed by atoms with Crippen molar-refractivity contribution in [2.75, 3.05) is 7.11 Å². The minimum absolute atomic E-state index is 0.00836. The number of methoxy groups -OCH3 is 1. The van der Waals surface area contributed by atoms with E-state index in [1.165, 1.54) is 31.4 Å². The summed E-state index contributed by atoms with van der Waals surface area (Å²) in [4.78, 5) is 12.8. The van der Waals surface area contributed by atoms with Crippen LogP contribution in [0.15, 0.2) is 77.7 Å². The zero-order valence-electron chi connectivity index (χ0n) is 14.9. The fraction of sp³-hybridized carbons (Fsp3) is 0.0952. The minimum atomic E-state index is -4.10. The second-order valence-electron chi connectivity index (χ2n) is 5.91. The molecule has 0 radical (unpaired) electrons. The molecule has 0 N–H and O–H groups in total. The number of benzene rings is 3. The molecule has 5 nitrogen and oxygen atoms in total. The monoisotopic (exact) mass is 382 g/mol. The van der Waals surface area contributed by atoms with Gasteiger partial charge in [-0.3, -0.25) is 4.79 Å². The van der Waals surface area contributed by atoms with Crippen molar-refractivity contribution in [2.24, 2.45) is 0 Å². The molecular weight excluding hydrogens is 364 g/mol. The molecule has 0 unspecified atom stereocenters. The molecule has 0 amide bonds. The van der Waals surface area contributed by atoms with Gasteiger partial charge in [-0.1, -0.05) is 48.0 Å². The van der Waals surface area contributed by atoms with Gasteiger partial charge in [0, 0.05) is 11.6 Å². The maximum Gasteiger partial charge on any atom is 0.339 e.